The first-order chi connectivity index (χ1) is 13.2. The smallest absolute Gasteiger partial charge is 0.311 e. The number of nitrogens with zero attached hydrogens (tertiary/aromatic N) is 5. The molecule has 27 heavy (non-hydrogen) atoms. The van der Waals surface area contributed by atoms with E-state index < -0.39 is 0 Å². The van der Waals surface area contributed by atoms with Crippen LogP contribution in [0.1, 0.15) is 19.4 Å². The van der Waals surface area contributed by atoms with E-state index in [1.165, 1.54) is 0 Å². The molecule has 0 radical (unpaired) electrons. The fraction of sp³-hybridized carbons (Fsp3) is 0.368. The van der Waals surface area contributed by atoms with Crippen LogP contribution in [0.25, 0.3) is 11.2 Å². The monoisotopic (exact) mass is 367 g/mol. The molecule has 1 aromatic carbocycles. The number of ether oxygens (including phenoxy) is 1. The van der Waals surface area contributed by atoms with Crippen LogP contribution in [0, 0.1) is 0 Å². The lowest BCUT2D eigenvalue weighted by atomic mass is 10.2. The molecule has 3 heterocycles. The fourth-order valence-electron chi connectivity index (χ4n) is 3.45. The summed E-state index contributed by atoms with van der Waals surface area (Å²) in [6, 6.07) is 7.87. The predicted molar refractivity (Wildman–Crippen MR) is 104 cm³/mol. The van der Waals surface area contributed by atoms with Gasteiger partial charge in [-0.25, -0.2) is 4.57 Å². The van der Waals surface area contributed by atoms with Gasteiger partial charge >= 0.3 is 11.2 Å². The summed E-state index contributed by atoms with van der Waals surface area (Å²) in [5.74, 6) is 2.36. The molecule has 4 rings (SSSR count). The number of fused-ring (bicyclic) bond motifs is 2. The number of aliphatic imine (C=N–C) groups is 1. The Kier molecular flexibility index (Phi) is 4.39. The summed E-state index contributed by atoms with van der Waals surface area (Å²) in [5, 5.41) is 0. The molecule has 1 aliphatic rings. The van der Waals surface area contributed by atoms with Crippen molar-refractivity contribution in [2.75, 3.05) is 25.1 Å². The first-order valence-corrected chi connectivity index (χ1v) is 9.11. The molecule has 0 saturated heterocycles. The second-order valence-corrected chi connectivity index (χ2v) is 6.39. The maximum absolute atomic E-state index is 13.0. The van der Waals surface area contributed by atoms with Crippen LogP contribution >= 0.6 is 0 Å². The molecular formula is C19H23N6O2+. The Morgan fingerprint density at radius 1 is 1.30 bits per heavy atom. The number of likely N-dealkylation sites (N-methyl/N-ethyl adjacent to an activating group) is 1. The first-order valence-electron chi connectivity index (χ1n) is 9.11. The Balaban J connectivity index is 1.77. The van der Waals surface area contributed by atoms with E-state index in [0.29, 0.717) is 36.7 Å². The van der Waals surface area contributed by atoms with Crippen molar-refractivity contribution >= 4 is 22.9 Å². The van der Waals surface area contributed by atoms with Crippen LogP contribution < -0.4 is 19.8 Å². The largest absolute Gasteiger partial charge is 0.497 e. The van der Waals surface area contributed by atoms with E-state index >= 15 is 0 Å². The SMILES string of the molecule is CCN=C1Cn2c(nc3c([nH]c[n+]3Cc3ccc(OC)cc3)c2=O)N1CC. The van der Waals surface area contributed by atoms with Gasteiger partial charge in [0.25, 0.3) is 5.95 Å². The molecule has 2 aromatic heterocycles. The average Bonchev–Trinajstić information content (AvgIpc) is 3.25. The molecule has 1 aliphatic heterocycles. The number of anilines is 1. The lowest BCUT2D eigenvalue weighted by molar-refractivity contribution is -0.664. The third-order valence-electron chi connectivity index (χ3n) is 4.79. The molecule has 140 valence electrons. The fourth-order valence-corrected chi connectivity index (χ4v) is 3.45. The van der Waals surface area contributed by atoms with E-state index in [2.05, 4.69) is 9.98 Å². The van der Waals surface area contributed by atoms with Crippen molar-refractivity contribution in [3.8, 4) is 5.75 Å². The highest BCUT2D eigenvalue weighted by Crippen LogP contribution is 2.20. The van der Waals surface area contributed by atoms with Crippen LogP contribution in [-0.2, 0) is 13.1 Å². The van der Waals surface area contributed by atoms with Gasteiger partial charge in [0.05, 0.1) is 20.2 Å². The lowest BCUT2D eigenvalue weighted by Crippen LogP contribution is -2.35. The zero-order chi connectivity index (χ0) is 19.0. The predicted octanol–water partition coefficient (Wildman–Crippen LogP) is 1.33. The molecule has 0 bridgehead atoms. The van der Waals surface area contributed by atoms with Gasteiger partial charge < -0.3 is 4.74 Å². The third-order valence-corrected chi connectivity index (χ3v) is 4.79. The van der Waals surface area contributed by atoms with Crippen LogP contribution in [0.15, 0.2) is 40.4 Å². The molecule has 0 atom stereocenters. The van der Waals surface area contributed by atoms with Gasteiger partial charge in [0.2, 0.25) is 5.52 Å². The van der Waals surface area contributed by atoms with Gasteiger partial charge in [0.15, 0.2) is 6.33 Å². The minimum Gasteiger partial charge on any atom is -0.497 e. The molecule has 1 N–H and O–H groups in total. The van der Waals surface area contributed by atoms with Gasteiger partial charge in [-0.2, -0.15) is 0 Å². The average molecular weight is 367 g/mol. The second-order valence-electron chi connectivity index (χ2n) is 6.39. The number of aromatic nitrogens is 4. The number of nitrogens with one attached hydrogen (secondary N) is 1. The van der Waals surface area contributed by atoms with Crippen molar-refractivity contribution in [2.24, 2.45) is 4.99 Å². The number of hydrogen-bond acceptors (Lipinski definition) is 4. The van der Waals surface area contributed by atoms with Crippen LogP contribution in [-0.4, -0.2) is 40.6 Å². The highest BCUT2D eigenvalue weighted by Gasteiger charge is 2.32. The molecule has 0 aliphatic carbocycles. The molecule has 0 unspecified atom stereocenters. The minimum absolute atomic E-state index is 0.0665. The van der Waals surface area contributed by atoms with Crippen LogP contribution in [0.5, 0.6) is 5.75 Å². The molecular weight excluding hydrogens is 344 g/mol. The highest BCUT2D eigenvalue weighted by molar-refractivity contribution is 6.00. The number of aromatic amines is 1. The molecule has 0 fully saturated rings. The summed E-state index contributed by atoms with van der Waals surface area (Å²) in [7, 11) is 1.65. The van der Waals surface area contributed by atoms with Crippen LogP contribution in [0.3, 0.4) is 0 Å². The van der Waals surface area contributed by atoms with Crippen molar-refractivity contribution in [1.29, 1.82) is 0 Å². The zero-order valence-electron chi connectivity index (χ0n) is 15.8. The Labute approximate surface area is 156 Å². The van der Waals surface area contributed by atoms with Crippen LogP contribution in [0.4, 0.5) is 5.95 Å². The van der Waals surface area contributed by atoms with Crippen molar-refractivity contribution < 1.29 is 9.30 Å². The maximum Gasteiger partial charge on any atom is 0.311 e. The number of imidazole rings is 1. The Morgan fingerprint density at radius 2 is 2.07 bits per heavy atom. The summed E-state index contributed by atoms with van der Waals surface area (Å²) in [4.78, 5) is 27.4. The molecule has 8 heteroatoms. The normalized spacial score (nSPS) is 14.9. The number of benzene rings is 1. The van der Waals surface area contributed by atoms with Crippen molar-refractivity contribution in [3.05, 3.63) is 46.5 Å². The Morgan fingerprint density at radius 3 is 2.74 bits per heavy atom. The number of methoxy groups -OCH3 is 1. The Hall–Kier alpha value is -3.16. The minimum atomic E-state index is -0.0665. The third kappa shape index (κ3) is 2.87. The number of H-pyrrole nitrogens is 1. The summed E-state index contributed by atoms with van der Waals surface area (Å²) >= 11 is 0. The van der Waals surface area contributed by atoms with E-state index in [0.717, 1.165) is 23.7 Å². The summed E-state index contributed by atoms with van der Waals surface area (Å²) < 4.78 is 8.86. The second kappa shape index (κ2) is 6.86. The van der Waals surface area contributed by atoms with Gasteiger partial charge in [-0.15, -0.1) is 0 Å². The van der Waals surface area contributed by atoms with E-state index in [4.69, 9.17) is 9.72 Å². The highest BCUT2D eigenvalue weighted by atomic mass is 16.5. The quantitative estimate of drug-likeness (QED) is 0.690. The number of hydrogen-bond donors (Lipinski definition) is 1. The maximum atomic E-state index is 13.0. The summed E-state index contributed by atoms with van der Waals surface area (Å²) in [5.41, 5.74) is 2.20. The van der Waals surface area contributed by atoms with Crippen molar-refractivity contribution in [2.45, 2.75) is 26.9 Å². The van der Waals surface area contributed by atoms with Gasteiger partial charge in [-0.05, 0) is 31.5 Å². The molecule has 0 spiro atoms. The van der Waals surface area contributed by atoms with Crippen molar-refractivity contribution in [3.63, 3.8) is 0 Å². The standard InChI is InChI=1S/C19H22N6O2/c1-4-20-15-11-25-18(26)16-17(22-19(25)24(15)5-2)23(12-21-16)10-13-6-8-14(27-3)9-7-13/h6-9,12H,4-5,10-11H2,1-3H3/p+1. The molecule has 8 nitrogen and oxygen atoms in total. The Bertz CT molecular complexity index is 1060. The van der Waals surface area contributed by atoms with Gasteiger partial charge in [0.1, 0.15) is 11.6 Å². The molecule has 0 saturated carbocycles. The van der Waals surface area contributed by atoms with E-state index in [1.54, 1.807) is 18.0 Å². The van der Waals surface area contributed by atoms with Gasteiger partial charge in [0, 0.05) is 13.1 Å². The van der Waals surface area contributed by atoms with Gasteiger partial charge in [-0.1, -0.05) is 17.1 Å². The number of rotatable bonds is 5. The molecule has 3 aromatic rings. The van der Waals surface area contributed by atoms with E-state index in [-0.39, 0.29) is 5.56 Å². The topological polar surface area (TPSA) is 79.4 Å². The lowest BCUT2D eigenvalue weighted by Gasteiger charge is -2.12. The summed E-state index contributed by atoms with van der Waals surface area (Å²) in [6.07, 6.45) is 1.80. The summed E-state index contributed by atoms with van der Waals surface area (Å²) in [6.45, 7) is 6.52. The number of amidine groups is 1. The van der Waals surface area contributed by atoms with E-state index in [1.807, 2.05) is 47.6 Å². The van der Waals surface area contributed by atoms with Gasteiger partial charge in [-0.3, -0.25) is 24.2 Å². The van der Waals surface area contributed by atoms with Crippen LogP contribution in [0.2, 0.25) is 0 Å². The zero-order valence-corrected chi connectivity index (χ0v) is 15.8. The first kappa shape index (κ1) is 17.3. The molecule has 0 amide bonds. The van der Waals surface area contributed by atoms with E-state index in [9.17, 15) is 4.79 Å². The van der Waals surface area contributed by atoms with Crippen molar-refractivity contribution in [1.82, 2.24) is 14.5 Å².